The molecule has 5 heteroatoms. The normalized spacial score (nSPS) is 12.6. The predicted molar refractivity (Wildman–Crippen MR) is 72.9 cm³/mol. The van der Waals surface area contributed by atoms with Crippen LogP contribution >= 0.6 is 15.9 Å². The molecule has 1 aromatic carbocycles. The van der Waals surface area contributed by atoms with Crippen LogP contribution in [-0.4, -0.2) is 12.6 Å². The number of ether oxygens (including phenoxy) is 1. The van der Waals surface area contributed by atoms with Crippen LogP contribution in [0.1, 0.15) is 26.3 Å². The highest BCUT2D eigenvalue weighted by Crippen LogP contribution is 2.34. The summed E-state index contributed by atoms with van der Waals surface area (Å²) in [4.78, 5) is 11.8. The Morgan fingerprint density at radius 2 is 2.21 bits per heavy atom. The topological polar surface area (TPSA) is 50.1 Å². The van der Waals surface area contributed by atoms with E-state index in [1.165, 1.54) is 6.07 Å². The molecule has 0 aromatic heterocycles. The SMILES string of the molecule is CCOC(=O)C(C#N)C(C)(C)c1ccc(F)c(Br)c1. The third kappa shape index (κ3) is 3.32. The first kappa shape index (κ1) is 15.6. The fourth-order valence-corrected chi connectivity index (χ4v) is 2.18. The lowest BCUT2D eigenvalue weighted by molar-refractivity contribution is -0.147. The van der Waals surface area contributed by atoms with Gasteiger partial charge in [-0.25, -0.2) is 4.39 Å². The Morgan fingerprint density at radius 3 is 2.68 bits per heavy atom. The molecule has 0 saturated carbocycles. The minimum atomic E-state index is -0.940. The molecule has 1 rings (SSSR count). The molecule has 0 spiro atoms. The molecule has 0 amide bonds. The largest absolute Gasteiger partial charge is 0.465 e. The van der Waals surface area contributed by atoms with Gasteiger partial charge in [-0.15, -0.1) is 0 Å². The first-order valence-electron chi connectivity index (χ1n) is 5.86. The molecule has 102 valence electrons. The van der Waals surface area contributed by atoms with Crippen molar-refractivity contribution < 1.29 is 13.9 Å². The van der Waals surface area contributed by atoms with Gasteiger partial charge in [-0.2, -0.15) is 5.26 Å². The fourth-order valence-electron chi connectivity index (χ4n) is 1.80. The minimum Gasteiger partial charge on any atom is -0.465 e. The number of nitrogens with zero attached hydrogens (tertiary/aromatic N) is 1. The number of halogens is 2. The van der Waals surface area contributed by atoms with Crippen LogP contribution in [0.15, 0.2) is 22.7 Å². The zero-order valence-electron chi connectivity index (χ0n) is 11.0. The highest BCUT2D eigenvalue weighted by molar-refractivity contribution is 9.10. The van der Waals surface area contributed by atoms with E-state index in [4.69, 9.17) is 4.74 Å². The quantitative estimate of drug-likeness (QED) is 0.794. The van der Waals surface area contributed by atoms with E-state index in [0.29, 0.717) is 10.0 Å². The van der Waals surface area contributed by atoms with Gasteiger partial charge in [0.2, 0.25) is 0 Å². The second-order valence-electron chi connectivity index (χ2n) is 4.66. The van der Waals surface area contributed by atoms with Gasteiger partial charge in [-0.1, -0.05) is 19.9 Å². The molecule has 0 aliphatic carbocycles. The van der Waals surface area contributed by atoms with Crippen LogP contribution in [0.3, 0.4) is 0 Å². The van der Waals surface area contributed by atoms with Crippen molar-refractivity contribution in [1.29, 1.82) is 5.26 Å². The number of rotatable bonds is 4. The van der Waals surface area contributed by atoms with Crippen molar-refractivity contribution in [2.45, 2.75) is 26.2 Å². The van der Waals surface area contributed by atoms with Crippen molar-refractivity contribution >= 4 is 21.9 Å². The molecule has 0 aliphatic heterocycles. The second-order valence-corrected chi connectivity index (χ2v) is 5.52. The van der Waals surface area contributed by atoms with Crippen LogP contribution in [0.4, 0.5) is 4.39 Å². The highest BCUT2D eigenvalue weighted by Gasteiger charge is 2.38. The number of carbonyl (C=O) groups is 1. The Hall–Kier alpha value is -1.41. The third-order valence-electron chi connectivity index (χ3n) is 3.04. The average molecular weight is 328 g/mol. The Labute approximate surface area is 120 Å². The Kier molecular flexibility index (Phi) is 5.07. The van der Waals surface area contributed by atoms with Crippen LogP contribution < -0.4 is 0 Å². The number of hydrogen-bond acceptors (Lipinski definition) is 3. The summed E-state index contributed by atoms with van der Waals surface area (Å²) < 4.78 is 18.5. The van der Waals surface area contributed by atoms with E-state index in [9.17, 15) is 14.4 Å². The van der Waals surface area contributed by atoms with Crippen molar-refractivity contribution in [3.05, 3.63) is 34.1 Å². The predicted octanol–water partition coefficient (Wildman–Crippen LogP) is 3.57. The summed E-state index contributed by atoms with van der Waals surface area (Å²) in [6.45, 7) is 5.43. The van der Waals surface area contributed by atoms with Crippen molar-refractivity contribution in [2.24, 2.45) is 5.92 Å². The Morgan fingerprint density at radius 1 is 1.58 bits per heavy atom. The molecule has 1 unspecified atom stereocenters. The third-order valence-corrected chi connectivity index (χ3v) is 3.64. The van der Waals surface area contributed by atoms with E-state index in [0.717, 1.165) is 0 Å². The molecule has 0 heterocycles. The first-order valence-corrected chi connectivity index (χ1v) is 6.65. The summed E-state index contributed by atoms with van der Waals surface area (Å²) in [7, 11) is 0. The summed E-state index contributed by atoms with van der Waals surface area (Å²) in [6.07, 6.45) is 0. The average Bonchev–Trinajstić information content (AvgIpc) is 2.33. The van der Waals surface area contributed by atoms with Crippen molar-refractivity contribution in [2.75, 3.05) is 6.61 Å². The Bertz CT molecular complexity index is 523. The van der Waals surface area contributed by atoms with E-state index >= 15 is 0 Å². The number of esters is 1. The molecule has 0 aliphatic rings. The number of benzene rings is 1. The van der Waals surface area contributed by atoms with Crippen molar-refractivity contribution in [3.8, 4) is 6.07 Å². The summed E-state index contributed by atoms with van der Waals surface area (Å²) >= 11 is 3.10. The molecular formula is C14H15BrFNO2. The maximum absolute atomic E-state index is 13.2. The lowest BCUT2D eigenvalue weighted by Crippen LogP contribution is -2.35. The first-order chi connectivity index (χ1) is 8.84. The molecule has 0 bridgehead atoms. The van der Waals surface area contributed by atoms with Gasteiger partial charge < -0.3 is 4.74 Å². The maximum atomic E-state index is 13.2. The molecule has 1 aromatic rings. The van der Waals surface area contributed by atoms with Crippen molar-refractivity contribution in [3.63, 3.8) is 0 Å². The summed E-state index contributed by atoms with van der Waals surface area (Å²) in [6, 6.07) is 6.44. The van der Waals surface area contributed by atoms with Gasteiger partial charge in [-0.3, -0.25) is 4.79 Å². The van der Waals surface area contributed by atoms with Crippen molar-refractivity contribution in [1.82, 2.24) is 0 Å². The zero-order valence-corrected chi connectivity index (χ0v) is 12.6. The van der Waals surface area contributed by atoms with Crippen LogP contribution in [0.2, 0.25) is 0 Å². The van der Waals surface area contributed by atoms with Gasteiger partial charge in [-0.05, 0) is 40.5 Å². The summed E-state index contributed by atoms with van der Waals surface area (Å²) in [5, 5.41) is 9.21. The van der Waals surface area contributed by atoms with Gasteiger partial charge in [0.15, 0.2) is 5.92 Å². The van der Waals surface area contributed by atoms with E-state index in [1.54, 1.807) is 32.9 Å². The van der Waals surface area contributed by atoms with Gasteiger partial charge in [0.05, 0.1) is 17.1 Å². The van der Waals surface area contributed by atoms with E-state index in [2.05, 4.69) is 15.9 Å². The zero-order chi connectivity index (χ0) is 14.6. The molecule has 0 saturated heterocycles. The molecule has 19 heavy (non-hydrogen) atoms. The van der Waals surface area contributed by atoms with Crippen LogP contribution in [-0.2, 0) is 14.9 Å². The molecule has 1 atom stereocenters. The van der Waals surface area contributed by atoms with Gasteiger partial charge in [0.25, 0.3) is 0 Å². The molecule has 0 radical (unpaired) electrons. The fraction of sp³-hybridized carbons (Fsp3) is 0.429. The number of carbonyl (C=O) groups excluding carboxylic acids is 1. The smallest absolute Gasteiger partial charge is 0.324 e. The minimum absolute atomic E-state index is 0.222. The van der Waals surface area contributed by atoms with Crippen LogP contribution in [0, 0.1) is 23.1 Å². The van der Waals surface area contributed by atoms with Crippen LogP contribution in [0.25, 0.3) is 0 Å². The molecule has 0 N–H and O–H groups in total. The second kappa shape index (κ2) is 6.16. The monoisotopic (exact) mass is 327 g/mol. The lowest BCUT2D eigenvalue weighted by atomic mass is 9.74. The van der Waals surface area contributed by atoms with E-state index in [-0.39, 0.29) is 12.4 Å². The molecule has 3 nitrogen and oxygen atoms in total. The summed E-state index contributed by atoms with van der Waals surface area (Å²) in [5.74, 6) is -1.88. The lowest BCUT2D eigenvalue weighted by Gasteiger charge is -2.29. The van der Waals surface area contributed by atoms with E-state index < -0.39 is 17.3 Å². The number of hydrogen-bond donors (Lipinski definition) is 0. The van der Waals surface area contributed by atoms with Gasteiger partial charge >= 0.3 is 5.97 Å². The highest BCUT2D eigenvalue weighted by atomic mass is 79.9. The van der Waals surface area contributed by atoms with Crippen LogP contribution in [0.5, 0.6) is 0 Å². The molecular weight excluding hydrogens is 313 g/mol. The van der Waals surface area contributed by atoms with Gasteiger partial charge in [0.1, 0.15) is 5.82 Å². The van der Waals surface area contributed by atoms with E-state index in [1.807, 2.05) is 6.07 Å². The Balaban J connectivity index is 3.16. The summed E-state index contributed by atoms with van der Waals surface area (Å²) in [5.41, 5.74) is -0.0718. The maximum Gasteiger partial charge on any atom is 0.324 e. The standard InChI is InChI=1S/C14H15BrFNO2/c1-4-19-13(18)10(8-17)14(2,3)9-5-6-12(16)11(15)7-9/h5-7,10H,4H2,1-3H3. The van der Waals surface area contributed by atoms with Gasteiger partial charge in [0, 0.05) is 5.41 Å². The molecule has 0 fully saturated rings. The number of nitriles is 1.